The van der Waals surface area contributed by atoms with Crippen LogP contribution in [0.4, 0.5) is 0 Å². The van der Waals surface area contributed by atoms with E-state index in [1.165, 1.54) is 0 Å². The average molecular weight is 222 g/mol. The lowest BCUT2D eigenvalue weighted by atomic mass is 9.98. The Morgan fingerprint density at radius 3 is 2.56 bits per heavy atom. The van der Waals surface area contributed by atoms with Crippen molar-refractivity contribution in [3.05, 3.63) is 0 Å². The minimum absolute atomic E-state index is 0.132. The van der Waals surface area contributed by atoms with Gasteiger partial charge in [-0.05, 0) is 25.7 Å². The van der Waals surface area contributed by atoms with Crippen molar-refractivity contribution in [2.24, 2.45) is 5.92 Å². The van der Waals surface area contributed by atoms with E-state index < -0.39 is 0 Å². The Hall–Kier alpha value is -1.08. The maximum absolute atomic E-state index is 12.2. The molecule has 1 aliphatic carbocycles. The van der Waals surface area contributed by atoms with Gasteiger partial charge in [0.15, 0.2) is 0 Å². The van der Waals surface area contributed by atoms with E-state index >= 15 is 0 Å². The van der Waals surface area contributed by atoms with Crippen LogP contribution in [0.2, 0.25) is 0 Å². The van der Waals surface area contributed by atoms with Crippen LogP contribution in [0.1, 0.15) is 32.1 Å². The van der Waals surface area contributed by atoms with Gasteiger partial charge in [0.1, 0.15) is 0 Å². The highest BCUT2D eigenvalue weighted by Crippen LogP contribution is 2.30. The Kier molecular flexibility index (Phi) is 3.79. The second-order valence-electron chi connectivity index (χ2n) is 4.56. The predicted molar refractivity (Wildman–Crippen MR) is 58.5 cm³/mol. The van der Waals surface area contributed by atoms with Crippen LogP contribution in [0.3, 0.4) is 0 Å². The molecule has 2 fully saturated rings. The van der Waals surface area contributed by atoms with Crippen LogP contribution in [0.5, 0.6) is 0 Å². The Bertz CT molecular complexity index is 288. The number of nitrogens with zero attached hydrogens (tertiary/aromatic N) is 2. The minimum Gasteiger partial charge on any atom is -0.381 e. The molecule has 0 atom stereocenters. The lowest BCUT2D eigenvalue weighted by Gasteiger charge is -2.28. The van der Waals surface area contributed by atoms with Gasteiger partial charge in [0, 0.05) is 31.7 Å². The lowest BCUT2D eigenvalue weighted by molar-refractivity contribution is -0.139. The first-order chi connectivity index (χ1) is 7.83. The summed E-state index contributed by atoms with van der Waals surface area (Å²) in [5.41, 5.74) is 0. The highest BCUT2D eigenvalue weighted by Gasteiger charge is 2.35. The zero-order valence-electron chi connectivity index (χ0n) is 9.52. The quantitative estimate of drug-likeness (QED) is 0.720. The molecule has 88 valence electrons. The highest BCUT2D eigenvalue weighted by atomic mass is 16.5. The van der Waals surface area contributed by atoms with Gasteiger partial charge in [-0.1, -0.05) is 0 Å². The van der Waals surface area contributed by atoms with E-state index in [0.717, 1.165) is 25.7 Å². The zero-order chi connectivity index (χ0) is 11.4. The smallest absolute Gasteiger partial charge is 0.226 e. The van der Waals surface area contributed by atoms with Crippen LogP contribution in [-0.2, 0) is 9.53 Å². The molecule has 1 saturated heterocycles. The first-order valence-electron chi connectivity index (χ1n) is 6.08. The van der Waals surface area contributed by atoms with Crippen molar-refractivity contribution in [3.8, 4) is 6.07 Å². The van der Waals surface area contributed by atoms with Crippen LogP contribution in [0.25, 0.3) is 0 Å². The van der Waals surface area contributed by atoms with Gasteiger partial charge < -0.3 is 9.64 Å². The van der Waals surface area contributed by atoms with Gasteiger partial charge in [0.05, 0.1) is 12.5 Å². The third-order valence-electron chi connectivity index (χ3n) is 3.31. The van der Waals surface area contributed by atoms with E-state index in [9.17, 15) is 4.79 Å². The molecule has 0 N–H and O–H groups in total. The third-order valence-corrected chi connectivity index (χ3v) is 3.31. The monoisotopic (exact) mass is 222 g/mol. The number of carbonyl (C=O) groups is 1. The van der Waals surface area contributed by atoms with Gasteiger partial charge in [-0.15, -0.1) is 0 Å². The summed E-state index contributed by atoms with van der Waals surface area (Å²) >= 11 is 0. The van der Waals surface area contributed by atoms with Crippen molar-refractivity contribution in [1.82, 2.24) is 4.90 Å². The van der Waals surface area contributed by atoms with Gasteiger partial charge >= 0.3 is 0 Å². The van der Waals surface area contributed by atoms with Crippen LogP contribution in [0.15, 0.2) is 0 Å². The molecule has 2 rings (SSSR count). The molecular formula is C12H18N2O2. The molecule has 0 aromatic heterocycles. The maximum atomic E-state index is 12.2. The molecule has 1 saturated carbocycles. The Labute approximate surface area is 96.2 Å². The second-order valence-corrected chi connectivity index (χ2v) is 4.56. The molecule has 2 aliphatic rings. The topological polar surface area (TPSA) is 53.3 Å². The number of hydrogen-bond donors (Lipinski definition) is 0. The predicted octanol–water partition coefficient (Wildman–Crippen LogP) is 1.32. The average Bonchev–Trinajstić information content (AvgIpc) is 3.15. The van der Waals surface area contributed by atoms with Gasteiger partial charge in [0.25, 0.3) is 0 Å². The molecule has 1 aliphatic heterocycles. The maximum Gasteiger partial charge on any atom is 0.226 e. The fraction of sp³-hybridized carbons (Fsp3) is 0.833. The molecule has 4 heteroatoms. The summed E-state index contributed by atoms with van der Waals surface area (Å²) in [7, 11) is 0. The van der Waals surface area contributed by atoms with Crippen LogP contribution < -0.4 is 0 Å². The van der Waals surface area contributed by atoms with E-state index in [4.69, 9.17) is 10.00 Å². The molecule has 0 unspecified atom stereocenters. The van der Waals surface area contributed by atoms with E-state index in [0.29, 0.717) is 32.2 Å². The Morgan fingerprint density at radius 2 is 2.00 bits per heavy atom. The first kappa shape index (κ1) is 11.4. The van der Waals surface area contributed by atoms with E-state index in [1.807, 2.05) is 4.90 Å². The van der Waals surface area contributed by atoms with Gasteiger partial charge in [-0.2, -0.15) is 5.26 Å². The summed E-state index contributed by atoms with van der Waals surface area (Å²) in [6, 6.07) is 2.54. The number of rotatable bonds is 4. The zero-order valence-corrected chi connectivity index (χ0v) is 9.52. The van der Waals surface area contributed by atoms with Crippen molar-refractivity contribution in [2.45, 2.75) is 38.1 Å². The second kappa shape index (κ2) is 5.31. The SMILES string of the molecule is N#CCCN(C(=O)C1CCOCC1)C1CC1. The van der Waals surface area contributed by atoms with E-state index in [1.54, 1.807) is 0 Å². The molecule has 0 aromatic carbocycles. The first-order valence-corrected chi connectivity index (χ1v) is 6.08. The molecule has 1 amide bonds. The van der Waals surface area contributed by atoms with Crippen molar-refractivity contribution in [3.63, 3.8) is 0 Å². The number of carbonyl (C=O) groups excluding carboxylic acids is 1. The van der Waals surface area contributed by atoms with Crippen molar-refractivity contribution < 1.29 is 9.53 Å². The number of nitriles is 1. The minimum atomic E-state index is 0.132. The van der Waals surface area contributed by atoms with Crippen molar-refractivity contribution >= 4 is 5.91 Å². The van der Waals surface area contributed by atoms with Gasteiger partial charge in [0.2, 0.25) is 5.91 Å². The van der Waals surface area contributed by atoms with Gasteiger partial charge in [-0.25, -0.2) is 0 Å². The molecule has 16 heavy (non-hydrogen) atoms. The molecule has 0 aromatic rings. The summed E-state index contributed by atoms with van der Waals surface area (Å²) in [5, 5.41) is 8.60. The van der Waals surface area contributed by atoms with E-state index in [2.05, 4.69) is 6.07 Å². The Morgan fingerprint density at radius 1 is 1.31 bits per heavy atom. The summed E-state index contributed by atoms with van der Waals surface area (Å²) in [5.74, 6) is 0.383. The molecule has 4 nitrogen and oxygen atoms in total. The lowest BCUT2D eigenvalue weighted by Crippen LogP contribution is -2.40. The number of ether oxygens (including phenoxy) is 1. The largest absolute Gasteiger partial charge is 0.381 e. The summed E-state index contributed by atoms with van der Waals surface area (Å²) < 4.78 is 5.26. The summed E-state index contributed by atoms with van der Waals surface area (Å²) in [4.78, 5) is 14.2. The van der Waals surface area contributed by atoms with Gasteiger partial charge in [-0.3, -0.25) is 4.79 Å². The Balaban J connectivity index is 1.90. The van der Waals surface area contributed by atoms with E-state index in [-0.39, 0.29) is 11.8 Å². The summed E-state index contributed by atoms with van der Waals surface area (Å²) in [6.45, 7) is 2.01. The van der Waals surface area contributed by atoms with Crippen molar-refractivity contribution in [2.75, 3.05) is 19.8 Å². The van der Waals surface area contributed by atoms with Crippen molar-refractivity contribution in [1.29, 1.82) is 5.26 Å². The van der Waals surface area contributed by atoms with Crippen LogP contribution >= 0.6 is 0 Å². The molecular weight excluding hydrogens is 204 g/mol. The number of amides is 1. The molecule has 1 heterocycles. The fourth-order valence-electron chi connectivity index (χ4n) is 2.21. The normalized spacial score (nSPS) is 21.4. The van der Waals surface area contributed by atoms with Crippen LogP contribution in [0, 0.1) is 17.2 Å². The highest BCUT2D eigenvalue weighted by molar-refractivity contribution is 5.79. The fourth-order valence-corrected chi connectivity index (χ4v) is 2.21. The summed E-state index contributed by atoms with van der Waals surface area (Å²) in [6.07, 6.45) is 4.36. The standard InChI is InChI=1S/C12H18N2O2/c13-6-1-7-14(11-2-3-11)12(15)10-4-8-16-9-5-10/h10-11H,1-5,7-9H2. The molecule has 0 radical (unpaired) electrons. The molecule has 0 bridgehead atoms. The number of hydrogen-bond acceptors (Lipinski definition) is 3. The van der Waals surface area contributed by atoms with Crippen LogP contribution in [-0.4, -0.2) is 36.6 Å². The third kappa shape index (κ3) is 2.73. The molecule has 0 spiro atoms.